The minimum atomic E-state index is -2.98. The predicted octanol–water partition coefficient (Wildman–Crippen LogP) is 0.945. The summed E-state index contributed by atoms with van der Waals surface area (Å²) in [6.07, 6.45) is 0.939. The Morgan fingerprint density at radius 3 is 2.67 bits per heavy atom. The number of hydrogen-bond acceptors (Lipinski definition) is 6. The summed E-state index contributed by atoms with van der Waals surface area (Å²) in [5, 5.41) is 15.9. The van der Waals surface area contributed by atoms with Crippen LogP contribution in [0.2, 0.25) is 0 Å². The van der Waals surface area contributed by atoms with Crippen molar-refractivity contribution in [2.75, 3.05) is 43.0 Å². The second kappa shape index (κ2) is 9.12. The van der Waals surface area contributed by atoms with E-state index in [1.54, 1.807) is 13.0 Å². The molecule has 4 N–H and O–H groups in total. The number of carbonyl (C=O) groups excluding carboxylic acids is 2. The van der Waals surface area contributed by atoms with E-state index in [4.69, 9.17) is 0 Å². The average Bonchev–Trinajstić information content (AvgIpc) is 3.23. The number of hydrogen-bond donors (Lipinski definition) is 4. The van der Waals surface area contributed by atoms with Crippen molar-refractivity contribution in [1.82, 2.24) is 15.2 Å². The number of aryl methyl sites for hydroxylation is 1. The smallest absolute Gasteiger partial charge is 0.256 e. The monoisotopic (exact) mass is 472 g/mol. The number of rotatable bonds is 6. The summed E-state index contributed by atoms with van der Waals surface area (Å²) in [5.74, 6) is -0.326. The van der Waals surface area contributed by atoms with Crippen molar-refractivity contribution in [3.63, 3.8) is 0 Å². The molecule has 0 bridgehead atoms. The highest BCUT2D eigenvalue weighted by Gasteiger charge is 2.26. The fraction of sp³-hybridized carbons (Fsp3) is 0.391. The fourth-order valence-corrected chi connectivity index (χ4v) is 5.56. The largest absolute Gasteiger partial charge is 0.390 e. The van der Waals surface area contributed by atoms with Crippen molar-refractivity contribution >= 4 is 39.0 Å². The molecule has 2 aromatic rings. The van der Waals surface area contributed by atoms with E-state index in [9.17, 15) is 23.1 Å². The SMILES string of the molecule is Cc1[nH]c(C=C2C(=O)Nc3ccccc32)c(C)c1C(=O)NC[C@H](O)CN1CCS(=O)(=O)CC1. The summed E-state index contributed by atoms with van der Waals surface area (Å²) in [4.78, 5) is 30.3. The van der Waals surface area contributed by atoms with E-state index in [1.165, 1.54) is 0 Å². The lowest BCUT2D eigenvalue weighted by Gasteiger charge is -2.28. The Balaban J connectivity index is 1.42. The zero-order valence-electron chi connectivity index (χ0n) is 18.6. The predicted molar refractivity (Wildman–Crippen MR) is 127 cm³/mol. The lowest BCUT2D eigenvalue weighted by atomic mass is 10.0. The van der Waals surface area contributed by atoms with Gasteiger partial charge in [-0.05, 0) is 31.6 Å². The van der Waals surface area contributed by atoms with Gasteiger partial charge in [0.25, 0.3) is 11.8 Å². The van der Waals surface area contributed by atoms with E-state index in [2.05, 4.69) is 15.6 Å². The first kappa shape index (κ1) is 23.2. The highest BCUT2D eigenvalue weighted by molar-refractivity contribution is 7.91. The molecule has 2 amide bonds. The molecular formula is C23H28N4O5S. The van der Waals surface area contributed by atoms with Crippen LogP contribution in [0.25, 0.3) is 11.6 Å². The molecule has 2 aliphatic heterocycles. The number of amides is 2. The molecule has 176 valence electrons. The number of carbonyl (C=O) groups is 2. The number of aromatic amines is 1. The molecule has 1 fully saturated rings. The molecule has 3 heterocycles. The Morgan fingerprint density at radius 1 is 1.24 bits per heavy atom. The van der Waals surface area contributed by atoms with Crippen LogP contribution in [0.15, 0.2) is 24.3 Å². The van der Waals surface area contributed by atoms with E-state index in [1.807, 2.05) is 36.1 Å². The lowest BCUT2D eigenvalue weighted by molar-refractivity contribution is -0.110. The molecule has 1 aromatic carbocycles. The zero-order valence-corrected chi connectivity index (χ0v) is 19.5. The quantitative estimate of drug-likeness (QED) is 0.463. The van der Waals surface area contributed by atoms with Crippen LogP contribution in [-0.2, 0) is 14.6 Å². The average molecular weight is 473 g/mol. The Kier molecular flexibility index (Phi) is 6.42. The molecule has 1 atom stereocenters. The maximum absolute atomic E-state index is 12.8. The van der Waals surface area contributed by atoms with Gasteiger partial charge in [0.15, 0.2) is 9.84 Å². The van der Waals surface area contributed by atoms with Crippen LogP contribution >= 0.6 is 0 Å². The van der Waals surface area contributed by atoms with Gasteiger partial charge >= 0.3 is 0 Å². The van der Waals surface area contributed by atoms with Crippen LogP contribution in [0.3, 0.4) is 0 Å². The molecule has 0 saturated carbocycles. The van der Waals surface area contributed by atoms with E-state index in [0.29, 0.717) is 47.7 Å². The van der Waals surface area contributed by atoms with Gasteiger partial charge in [0.05, 0.1) is 28.7 Å². The molecule has 1 aromatic heterocycles. The molecule has 0 unspecified atom stereocenters. The number of nitrogens with zero attached hydrogens (tertiary/aromatic N) is 1. The second-order valence-electron chi connectivity index (χ2n) is 8.54. The van der Waals surface area contributed by atoms with Gasteiger partial charge in [-0.15, -0.1) is 0 Å². The van der Waals surface area contributed by atoms with Crippen molar-refractivity contribution in [2.24, 2.45) is 0 Å². The number of anilines is 1. The summed E-state index contributed by atoms with van der Waals surface area (Å²) in [7, 11) is -2.98. The Hall–Kier alpha value is -2.95. The number of sulfone groups is 1. The first-order chi connectivity index (χ1) is 15.6. The fourth-order valence-electron chi connectivity index (χ4n) is 4.28. The Labute approximate surface area is 192 Å². The van der Waals surface area contributed by atoms with Crippen LogP contribution in [0.5, 0.6) is 0 Å². The topological polar surface area (TPSA) is 132 Å². The molecule has 4 rings (SSSR count). The third-order valence-electron chi connectivity index (χ3n) is 6.11. The summed E-state index contributed by atoms with van der Waals surface area (Å²) in [5.41, 5.74) is 4.63. The molecule has 0 spiro atoms. The Bertz CT molecular complexity index is 1220. The number of H-pyrrole nitrogens is 1. The van der Waals surface area contributed by atoms with Crippen LogP contribution in [0.4, 0.5) is 5.69 Å². The number of fused-ring (bicyclic) bond motifs is 1. The molecule has 0 radical (unpaired) electrons. The van der Waals surface area contributed by atoms with Crippen molar-refractivity contribution in [3.8, 4) is 0 Å². The summed E-state index contributed by atoms with van der Waals surface area (Å²) in [6, 6.07) is 7.44. The molecule has 0 aliphatic carbocycles. The van der Waals surface area contributed by atoms with Gasteiger partial charge in [0, 0.05) is 48.8 Å². The first-order valence-corrected chi connectivity index (χ1v) is 12.7. The third-order valence-corrected chi connectivity index (χ3v) is 7.72. The number of nitrogens with one attached hydrogen (secondary N) is 3. The number of aromatic nitrogens is 1. The van der Waals surface area contributed by atoms with Crippen LogP contribution in [-0.4, -0.2) is 79.0 Å². The number of aliphatic hydroxyl groups is 1. The van der Waals surface area contributed by atoms with E-state index >= 15 is 0 Å². The normalized spacial score (nSPS) is 19.8. The lowest BCUT2D eigenvalue weighted by Crippen LogP contribution is -2.46. The molecule has 1 saturated heterocycles. The third kappa shape index (κ3) is 5.02. The summed E-state index contributed by atoms with van der Waals surface area (Å²) >= 11 is 0. The molecular weight excluding hydrogens is 444 g/mol. The second-order valence-corrected chi connectivity index (χ2v) is 10.8. The van der Waals surface area contributed by atoms with Gasteiger partial charge < -0.3 is 20.7 Å². The van der Waals surface area contributed by atoms with E-state index in [-0.39, 0.29) is 29.9 Å². The number of aliphatic hydroxyl groups excluding tert-OH is 1. The molecule has 2 aliphatic rings. The van der Waals surface area contributed by atoms with E-state index < -0.39 is 15.9 Å². The van der Waals surface area contributed by atoms with Crippen LogP contribution in [0.1, 0.15) is 32.9 Å². The van der Waals surface area contributed by atoms with Crippen LogP contribution in [0, 0.1) is 13.8 Å². The number of para-hydroxylation sites is 1. The highest BCUT2D eigenvalue weighted by Crippen LogP contribution is 2.33. The standard InChI is InChI=1S/C23H28N4O5S/c1-14-20(11-18-17-5-3-4-6-19(17)26-22(18)29)25-15(2)21(14)23(30)24-12-16(28)13-27-7-9-33(31,32)10-8-27/h3-6,11,16,25,28H,7-10,12-13H2,1-2H3,(H,24,30)(H,26,29)/t16-/m0/s1. The van der Waals surface area contributed by atoms with Crippen LogP contribution < -0.4 is 10.6 Å². The minimum absolute atomic E-state index is 0.0539. The van der Waals surface area contributed by atoms with Gasteiger partial charge in [-0.1, -0.05) is 18.2 Å². The van der Waals surface area contributed by atoms with Gasteiger partial charge in [-0.25, -0.2) is 8.42 Å². The summed E-state index contributed by atoms with van der Waals surface area (Å²) in [6.45, 7) is 4.73. The minimum Gasteiger partial charge on any atom is -0.390 e. The van der Waals surface area contributed by atoms with Crippen molar-refractivity contribution in [3.05, 3.63) is 52.3 Å². The van der Waals surface area contributed by atoms with Gasteiger partial charge in [0.2, 0.25) is 0 Å². The van der Waals surface area contributed by atoms with Crippen molar-refractivity contribution in [2.45, 2.75) is 20.0 Å². The van der Waals surface area contributed by atoms with E-state index in [0.717, 1.165) is 11.3 Å². The number of benzene rings is 1. The molecule has 33 heavy (non-hydrogen) atoms. The zero-order chi connectivity index (χ0) is 23.8. The Morgan fingerprint density at radius 2 is 1.94 bits per heavy atom. The number of β-amino-alcohol motifs (C(OH)–C–C–N with tert-alkyl or cyclic N) is 1. The van der Waals surface area contributed by atoms with Crippen molar-refractivity contribution < 1.29 is 23.1 Å². The molecule has 10 heteroatoms. The molecule has 9 nitrogen and oxygen atoms in total. The summed E-state index contributed by atoms with van der Waals surface area (Å²) < 4.78 is 23.1. The van der Waals surface area contributed by atoms with Gasteiger partial charge in [0.1, 0.15) is 0 Å². The van der Waals surface area contributed by atoms with Crippen molar-refractivity contribution in [1.29, 1.82) is 0 Å². The maximum atomic E-state index is 12.8. The van der Waals surface area contributed by atoms with Gasteiger partial charge in [-0.3, -0.25) is 14.5 Å². The highest BCUT2D eigenvalue weighted by atomic mass is 32.2. The first-order valence-electron chi connectivity index (χ1n) is 10.9. The van der Waals surface area contributed by atoms with Gasteiger partial charge in [-0.2, -0.15) is 0 Å². The maximum Gasteiger partial charge on any atom is 0.256 e.